The summed E-state index contributed by atoms with van der Waals surface area (Å²) in [5, 5.41) is 0.509. The zero-order valence-corrected chi connectivity index (χ0v) is 15.4. The van der Waals surface area contributed by atoms with E-state index in [0.717, 1.165) is 0 Å². The second-order valence-electron chi connectivity index (χ2n) is 6.15. The Morgan fingerprint density at radius 2 is 1.96 bits per heavy atom. The topological polar surface area (TPSA) is 72.9 Å². The van der Waals surface area contributed by atoms with Gasteiger partial charge >= 0.3 is 5.97 Å². The van der Waals surface area contributed by atoms with Crippen LogP contribution in [0.1, 0.15) is 16.8 Å². The van der Waals surface area contributed by atoms with Gasteiger partial charge in [-0.3, -0.25) is 14.4 Å². The monoisotopic (exact) mass is 387 g/mol. The Kier molecular flexibility index (Phi) is 5.76. The number of anilines is 1. The van der Waals surface area contributed by atoms with Gasteiger partial charge in [-0.05, 0) is 30.3 Å². The summed E-state index contributed by atoms with van der Waals surface area (Å²) >= 11 is 5.96. The highest BCUT2D eigenvalue weighted by atomic mass is 35.5. The Labute approximate surface area is 161 Å². The van der Waals surface area contributed by atoms with Crippen LogP contribution in [0, 0.1) is 5.92 Å². The highest BCUT2D eigenvalue weighted by Gasteiger charge is 2.36. The normalized spacial score (nSPS) is 16.3. The minimum atomic E-state index is -0.616. The number of Topliss-reactive ketones (excluding diaryl/α,β-unsaturated/α-hetero) is 1. The minimum absolute atomic E-state index is 0.0404. The van der Waals surface area contributed by atoms with Crippen molar-refractivity contribution in [3.05, 3.63) is 59.1 Å². The average molecular weight is 388 g/mol. The summed E-state index contributed by atoms with van der Waals surface area (Å²) in [6.45, 7) is -0.181. The van der Waals surface area contributed by atoms with Crippen LogP contribution in [0.5, 0.6) is 5.75 Å². The molecule has 0 bridgehead atoms. The Bertz CT molecular complexity index is 882. The van der Waals surface area contributed by atoms with Crippen molar-refractivity contribution < 1.29 is 23.9 Å². The Morgan fingerprint density at radius 1 is 1.19 bits per heavy atom. The molecule has 0 spiro atoms. The Balaban J connectivity index is 1.58. The number of methoxy groups -OCH3 is 1. The summed E-state index contributed by atoms with van der Waals surface area (Å²) in [7, 11) is 1.51. The van der Waals surface area contributed by atoms with Gasteiger partial charge in [0, 0.05) is 29.2 Å². The van der Waals surface area contributed by atoms with E-state index in [1.807, 2.05) is 0 Å². The van der Waals surface area contributed by atoms with Gasteiger partial charge in [-0.1, -0.05) is 29.8 Å². The van der Waals surface area contributed by atoms with Gasteiger partial charge in [0.2, 0.25) is 5.91 Å². The molecule has 0 radical (unpaired) electrons. The van der Waals surface area contributed by atoms with E-state index in [-0.39, 0.29) is 31.3 Å². The maximum atomic E-state index is 12.3. The zero-order valence-electron chi connectivity index (χ0n) is 14.7. The number of rotatable bonds is 6. The van der Waals surface area contributed by atoms with Crippen LogP contribution >= 0.6 is 11.6 Å². The summed E-state index contributed by atoms with van der Waals surface area (Å²) in [5.74, 6) is -1.15. The zero-order chi connectivity index (χ0) is 19.4. The number of hydrogen-bond acceptors (Lipinski definition) is 5. The summed E-state index contributed by atoms with van der Waals surface area (Å²) in [6.07, 6.45) is 0.0404. The van der Waals surface area contributed by atoms with E-state index in [9.17, 15) is 14.4 Å². The molecule has 0 unspecified atom stereocenters. The quantitative estimate of drug-likeness (QED) is 0.562. The van der Waals surface area contributed by atoms with E-state index in [1.165, 1.54) is 12.0 Å². The molecule has 6 nitrogen and oxygen atoms in total. The van der Waals surface area contributed by atoms with Crippen molar-refractivity contribution in [1.82, 2.24) is 0 Å². The smallest absolute Gasteiger partial charge is 0.311 e. The van der Waals surface area contributed by atoms with Gasteiger partial charge in [0.1, 0.15) is 5.75 Å². The van der Waals surface area contributed by atoms with Gasteiger partial charge in [-0.2, -0.15) is 0 Å². The third-order valence-electron chi connectivity index (χ3n) is 4.32. The maximum Gasteiger partial charge on any atom is 0.311 e. The van der Waals surface area contributed by atoms with Gasteiger partial charge in [-0.15, -0.1) is 0 Å². The lowest BCUT2D eigenvalue weighted by Gasteiger charge is -2.16. The fourth-order valence-corrected chi connectivity index (χ4v) is 3.08. The van der Waals surface area contributed by atoms with E-state index in [4.69, 9.17) is 21.1 Å². The van der Waals surface area contributed by atoms with Gasteiger partial charge in [0.05, 0.1) is 13.0 Å². The first-order chi connectivity index (χ1) is 13.0. The van der Waals surface area contributed by atoms with Crippen LogP contribution in [-0.4, -0.2) is 37.9 Å². The molecule has 1 aliphatic rings. The maximum absolute atomic E-state index is 12.3. The molecule has 1 atom stereocenters. The van der Waals surface area contributed by atoms with Crippen LogP contribution in [0.3, 0.4) is 0 Å². The lowest BCUT2D eigenvalue weighted by atomic mass is 10.1. The second kappa shape index (κ2) is 8.22. The lowest BCUT2D eigenvalue weighted by Crippen LogP contribution is -2.27. The number of ketones is 1. The summed E-state index contributed by atoms with van der Waals surface area (Å²) in [5.41, 5.74) is 1.03. The lowest BCUT2D eigenvalue weighted by molar-refractivity contribution is -0.147. The van der Waals surface area contributed by atoms with Crippen molar-refractivity contribution in [3.8, 4) is 5.75 Å². The number of halogens is 1. The predicted octanol–water partition coefficient (Wildman–Crippen LogP) is 3.13. The molecule has 1 heterocycles. The van der Waals surface area contributed by atoms with E-state index in [2.05, 4.69) is 0 Å². The molecule has 2 aromatic carbocycles. The number of carbonyl (C=O) groups excluding carboxylic acids is 3. The largest absolute Gasteiger partial charge is 0.497 e. The number of benzene rings is 2. The molecule has 3 rings (SSSR count). The number of ether oxygens (including phenoxy) is 2. The van der Waals surface area contributed by atoms with Gasteiger partial charge < -0.3 is 14.4 Å². The van der Waals surface area contributed by atoms with Crippen molar-refractivity contribution in [3.63, 3.8) is 0 Å². The third-order valence-corrected chi connectivity index (χ3v) is 4.55. The first kappa shape index (κ1) is 18.9. The molecule has 0 N–H and O–H groups in total. The molecule has 0 saturated carbocycles. The second-order valence-corrected chi connectivity index (χ2v) is 6.58. The van der Waals surface area contributed by atoms with Crippen molar-refractivity contribution >= 4 is 34.9 Å². The SMILES string of the molecule is COc1cccc(C(=O)COC(=O)[C@@H]2CC(=O)N(c3cccc(Cl)c3)C2)c1. The molecular formula is C20H18ClNO5. The van der Waals surface area contributed by atoms with Crippen LogP contribution in [0.15, 0.2) is 48.5 Å². The number of esters is 1. The van der Waals surface area contributed by atoms with E-state index < -0.39 is 11.9 Å². The highest BCUT2D eigenvalue weighted by Crippen LogP contribution is 2.27. The Morgan fingerprint density at radius 3 is 2.70 bits per heavy atom. The molecule has 140 valence electrons. The van der Waals surface area contributed by atoms with Crippen LogP contribution < -0.4 is 9.64 Å². The van der Waals surface area contributed by atoms with Crippen molar-refractivity contribution in [1.29, 1.82) is 0 Å². The van der Waals surface area contributed by atoms with Crippen LogP contribution in [0.2, 0.25) is 5.02 Å². The molecule has 7 heteroatoms. The number of hydrogen-bond donors (Lipinski definition) is 0. The first-order valence-corrected chi connectivity index (χ1v) is 8.75. The molecule has 1 fully saturated rings. The van der Waals surface area contributed by atoms with Crippen LogP contribution in [-0.2, 0) is 14.3 Å². The van der Waals surface area contributed by atoms with E-state index >= 15 is 0 Å². The minimum Gasteiger partial charge on any atom is -0.497 e. The molecule has 1 saturated heterocycles. The van der Waals surface area contributed by atoms with Crippen molar-refractivity contribution in [2.75, 3.05) is 25.2 Å². The van der Waals surface area contributed by atoms with Crippen molar-refractivity contribution in [2.45, 2.75) is 6.42 Å². The van der Waals surface area contributed by atoms with Gasteiger partial charge in [-0.25, -0.2) is 0 Å². The van der Waals surface area contributed by atoms with Crippen LogP contribution in [0.25, 0.3) is 0 Å². The molecule has 1 amide bonds. The van der Waals surface area contributed by atoms with E-state index in [1.54, 1.807) is 48.5 Å². The number of nitrogens with zero attached hydrogens (tertiary/aromatic N) is 1. The fraction of sp³-hybridized carbons (Fsp3) is 0.250. The standard InChI is InChI=1S/C20H18ClNO5/c1-26-17-7-2-4-13(8-17)18(23)12-27-20(25)14-9-19(24)22(11-14)16-6-3-5-15(21)10-16/h2-8,10,14H,9,11-12H2,1H3/t14-/m1/s1. The summed E-state index contributed by atoms with van der Waals surface area (Å²) < 4.78 is 10.2. The van der Waals surface area contributed by atoms with Gasteiger partial charge in [0.25, 0.3) is 0 Å². The highest BCUT2D eigenvalue weighted by molar-refractivity contribution is 6.31. The third kappa shape index (κ3) is 4.46. The fourth-order valence-electron chi connectivity index (χ4n) is 2.89. The van der Waals surface area contributed by atoms with Crippen LogP contribution in [0.4, 0.5) is 5.69 Å². The van der Waals surface area contributed by atoms with Crippen molar-refractivity contribution in [2.24, 2.45) is 5.92 Å². The first-order valence-electron chi connectivity index (χ1n) is 8.37. The molecule has 27 heavy (non-hydrogen) atoms. The number of carbonyl (C=O) groups is 3. The van der Waals surface area contributed by atoms with Gasteiger partial charge in [0.15, 0.2) is 12.4 Å². The Hall–Kier alpha value is -2.86. The summed E-state index contributed by atoms with van der Waals surface area (Å²) in [6, 6.07) is 13.5. The molecule has 0 aromatic heterocycles. The molecule has 1 aliphatic heterocycles. The molecule has 0 aliphatic carbocycles. The predicted molar refractivity (Wildman–Crippen MR) is 100 cm³/mol. The summed E-state index contributed by atoms with van der Waals surface area (Å²) in [4.78, 5) is 38.2. The average Bonchev–Trinajstić information content (AvgIpc) is 3.07. The number of amides is 1. The molecule has 2 aromatic rings. The van der Waals surface area contributed by atoms with E-state index in [0.29, 0.717) is 22.0 Å². The molecular weight excluding hydrogens is 370 g/mol.